The number of rotatable bonds is 5. The third-order valence-corrected chi connectivity index (χ3v) is 3.98. The first kappa shape index (κ1) is 19.3. The Morgan fingerprint density at radius 2 is 1.64 bits per heavy atom. The molecule has 0 fully saturated rings. The van der Waals surface area contributed by atoms with Crippen LogP contribution in [0.1, 0.15) is 21.5 Å². The Labute approximate surface area is 169 Å². The number of nitrogens with zero attached hydrogens (tertiary/aromatic N) is 1. The van der Waals surface area contributed by atoms with Gasteiger partial charge in [0, 0.05) is 5.69 Å². The lowest BCUT2D eigenvalue weighted by molar-refractivity contribution is 0.0735. The number of aryl methyl sites for hydroxylation is 1. The third-order valence-electron chi connectivity index (χ3n) is 3.79. The number of carbonyl (C=O) groups is 1. The monoisotopic (exact) mass is 389 g/mol. The molecule has 3 aromatic carbocycles. The summed E-state index contributed by atoms with van der Waals surface area (Å²) < 4.78 is 5.37. The summed E-state index contributed by atoms with van der Waals surface area (Å²) in [4.78, 5) is 12.1. The van der Waals surface area contributed by atoms with Crippen molar-refractivity contribution in [3.8, 4) is 5.75 Å². The van der Waals surface area contributed by atoms with Gasteiger partial charge in [-0.25, -0.2) is 4.79 Å². The van der Waals surface area contributed by atoms with E-state index in [9.17, 15) is 4.79 Å². The normalized spacial score (nSPS) is 10.5. The molecule has 2 N–H and O–H groups in total. The summed E-state index contributed by atoms with van der Waals surface area (Å²) in [6, 6.07) is 23.9. The van der Waals surface area contributed by atoms with Crippen molar-refractivity contribution in [3.63, 3.8) is 0 Å². The Morgan fingerprint density at radius 3 is 2.32 bits per heavy atom. The molecule has 28 heavy (non-hydrogen) atoms. The molecule has 5 nitrogen and oxygen atoms in total. The zero-order valence-electron chi connectivity index (χ0n) is 15.3. The number of hydrazone groups is 1. The van der Waals surface area contributed by atoms with E-state index in [1.165, 1.54) is 0 Å². The van der Waals surface area contributed by atoms with Crippen molar-refractivity contribution in [1.29, 1.82) is 0 Å². The van der Waals surface area contributed by atoms with Crippen molar-refractivity contribution in [1.82, 2.24) is 5.43 Å². The van der Waals surface area contributed by atoms with Crippen LogP contribution in [0.3, 0.4) is 0 Å². The van der Waals surface area contributed by atoms with Crippen LogP contribution < -0.4 is 15.5 Å². The van der Waals surface area contributed by atoms with Gasteiger partial charge in [0.05, 0.1) is 11.8 Å². The first-order valence-corrected chi connectivity index (χ1v) is 9.05. The first-order valence-electron chi connectivity index (χ1n) is 8.64. The number of nitrogens with one attached hydrogen (secondary N) is 2. The van der Waals surface area contributed by atoms with E-state index in [-0.39, 0.29) is 5.97 Å². The molecule has 0 amide bonds. The molecule has 6 heteroatoms. The highest BCUT2D eigenvalue weighted by atomic mass is 32.1. The standard InChI is InChI=1S/C22H19N3O2S/c1-16-7-11-18(12-8-16)21(26)27-20-13-9-17(10-14-20)15-23-25-22(28)24-19-5-3-2-4-6-19/h2-15H,1H3,(H2,24,25,28). The van der Waals surface area contributed by atoms with Crippen molar-refractivity contribution in [3.05, 3.63) is 95.6 Å². The number of anilines is 1. The van der Waals surface area contributed by atoms with E-state index in [1.807, 2.05) is 49.4 Å². The zero-order valence-corrected chi connectivity index (χ0v) is 16.1. The number of carbonyl (C=O) groups excluding carboxylic acids is 1. The number of hydrogen-bond donors (Lipinski definition) is 2. The van der Waals surface area contributed by atoms with Gasteiger partial charge in [0.25, 0.3) is 0 Å². The average molecular weight is 389 g/mol. The molecule has 0 radical (unpaired) electrons. The van der Waals surface area contributed by atoms with E-state index in [0.29, 0.717) is 16.4 Å². The summed E-state index contributed by atoms with van der Waals surface area (Å²) in [5.74, 6) is 0.0809. The molecule has 140 valence electrons. The minimum atomic E-state index is -0.389. The Balaban J connectivity index is 1.51. The van der Waals surface area contributed by atoms with Crippen molar-refractivity contribution in [2.75, 3.05) is 5.32 Å². The Bertz CT molecular complexity index is 969. The Kier molecular flexibility index (Phi) is 6.49. The van der Waals surface area contributed by atoms with Gasteiger partial charge >= 0.3 is 5.97 Å². The SMILES string of the molecule is Cc1ccc(C(=O)Oc2ccc(C=NNC(=S)Nc3ccccc3)cc2)cc1. The Hall–Kier alpha value is -3.51. The summed E-state index contributed by atoms with van der Waals surface area (Å²) in [6.07, 6.45) is 1.63. The summed E-state index contributed by atoms with van der Waals surface area (Å²) in [5.41, 5.74) is 6.08. The number of ether oxygens (including phenoxy) is 1. The maximum atomic E-state index is 12.1. The summed E-state index contributed by atoms with van der Waals surface area (Å²) in [6.45, 7) is 1.97. The lowest BCUT2D eigenvalue weighted by atomic mass is 10.1. The second-order valence-electron chi connectivity index (χ2n) is 6.01. The third kappa shape index (κ3) is 5.75. The van der Waals surface area contributed by atoms with Crippen LogP contribution in [-0.4, -0.2) is 17.3 Å². The van der Waals surface area contributed by atoms with E-state index in [1.54, 1.807) is 42.6 Å². The molecular weight excluding hydrogens is 370 g/mol. The molecule has 0 heterocycles. The molecule has 3 rings (SSSR count). The van der Waals surface area contributed by atoms with E-state index < -0.39 is 0 Å². The topological polar surface area (TPSA) is 62.7 Å². The highest BCUT2D eigenvalue weighted by Crippen LogP contribution is 2.14. The van der Waals surface area contributed by atoms with E-state index >= 15 is 0 Å². The minimum absolute atomic E-state index is 0.389. The number of para-hydroxylation sites is 1. The predicted octanol–water partition coefficient (Wildman–Crippen LogP) is 4.53. The molecule has 0 saturated carbocycles. The van der Waals surface area contributed by atoms with Crippen LogP contribution in [0.15, 0.2) is 84.0 Å². The second-order valence-corrected chi connectivity index (χ2v) is 6.42. The van der Waals surface area contributed by atoms with E-state index in [2.05, 4.69) is 15.8 Å². The van der Waals surface area contributed by atoms with Crippen LogP contribution in [0.4, 0.5) is 5.69 Å². The number of thiocarbonyl (C=S) groups is 1. The largest absolute Gasteiger partial charge is 0.423 e. The first-order chi connectivity index (χ1) is 13.6. The molecule has 0 saturated heterocycles. The smallest absolute Gasteiger partial charge is 0.343 e. The van der Waals surface area contributed by atoms with Gasteiger partial charge in [-0.05, 0) is 73.2 Å². The molecule has 3 aromatic rings. The van der Waals surface area contributed by atoms with Crippen LogP contribution >= 0.6 is 12.2 Å². The molecule has 0 aliphatic heterocycles. The molecule has 0 aliphatic carbocycles. The number of hydrogen-bond acceptors (Lipinski definition) is 4. The van der Waals surface area contributed by atoms with Gasteiger partial charge < -0.3 is 10.1 Å². The molecule has 0 atom stereocenters. The summed E-state index contributed by atoms with van der Waals surface area (Å²) >= 11 is 5.18. The lowest BCUT2D eigenvalue weighted by Gasteiger charge is -2.06. The fraction of sp³-hybridized carbons (Fsp3) is 0.0455. The second kappa shape index (κ2) is 9.43. The lowest BCUT2D eigenvalue weighted by Crippen LogP contribution is -2.23. The zero-order chi connectivity index (χ0) is 19.8. The number of benzene rings is 3. The van der Waals surface area contributed by atoms with Crippen LogP contribution in [-0.2, 0) is 0 Å². The van der Waals surface area contributed by atoms with Gasteiger partial charge in [-0.3, -0.25) is 5.43 Å². The minimum Gasteiger partial charge on any atom is -0.423 e. The van der Waals surface area contributed by atoms with Crippen molar-refractivity contribution in [2.45, 2.75) is 6.92 Å². The number of esters is 1. The van der Waals surface area contributed by atoms with Crippen molar-refractivity contribution in [2.24, 2.45) is 5.10 Å². The maximum Gasteiger partial charge on any atom is 0.343 e. The van der Waals surface area contributed by atoms with Gasteiger partial charge in [0.15, 0.2) is 5.11 Å². The van der Waals surface area contributed by atoms with E-state index in [0.717, 1.165) is 16.8 Å². The summed E-state index contributed by atoms with van der Waals surface area (Å²) in [5, 5.41) is 7.52. The highest BCUT2D eigenvalue weighted by molar-refractivity contribution is 7.80. The van der Waals surface area contributed by atoms with Crippen molar-refractivity contribution < 1.29 is 9.53 Å². The molecule has 0 spiro atoms. The van der Waals surface area contributed by atoms with Gasteiger partial charge in [-0.15, -0.1) is 0 Å². The van der Waals surface area contributed by atoms with Crippen LogP contribution in [0.2, 0.25) is 0 Å². The quantitative estimate of drug-likeness (QED) is 0.221. The average Bonchev–Trinajstić information content (AvgIpc) is 2.70. The van der Waals surface area contributed by atoms with Crippen LogP contribution in [0.5, 0.6) is 5.75 Å². The predicted molar refractivity (Wildman–Crippen MR) is 116 cm³/mol. The maximum absolute atomic E-state index is 12.1. The van der Waals surface area contributed by atoms with E-state index in [4.69, 9.17) is 17.0 Å². The molecule has 0 bridgehead atoms. The fourth-order valence-corrected chi connectivity index (χ4v) is 2.49. The van der Waals surface area contributed by atoms with Gasteiger partial charge in [0.1, 0.15) is 5.75 Å². The molecule has 0 unspecified atom stereocenters. The Morgan fingerprint density at radius 1 is 0.964 bits per heavy atom. The fourth-order valence-electron chi connectivity index (χ4n) is 2.32. The van der Waals surface area contributed by atoms with Gasteiger partial charge in [-0.1, -0.05) is 35.9 Å². The molecular formula is C22H19N3O2S. The van der Waals surface area contributed by atoms with Gasteiger partial charge in [-0.2, -0.15) is 5.10 Å². The van der Waals surface area contributed by atoms with Crippen LogP contribution in [0, 0.1) is 6.92 Å². The van der Waals surface area contributed by atoms with Crippen LogP contribution in [0.25, 0.3) is 0 Å². The molecule has 0 aromatic heterocycles. The van der Waals surface area contributed by atoms with Crippen molar-refractivity contribution >= 4 is 35.2 Å². The highest BCUT2D eigenvalue weighted by Gasteiger charge is 2.07. The summed E-state index contributed by atoms with van der Waals surface area (Å²) in [7, 11) is 0. The molecule has 0 aliphatic rings. The van der Waals surface area contributed by atoms with Gasteiger partial charge in [0.2, 0.25) is 0 Å².